The van der Waals surface area contributed by atoms with Crippen molar-refractivity contribution in [1.29, 1.82) is 0 Å². The maximum Gasteiger partial charge on any atom is 0.329 e. The highest BCUT2D eigenvalue weighted by Crippen LogP contribution is 2.19. The molecule has 9 nitrogen and oxygen atoms in total. The monoisotopic (exact) mass is 488 g/mol. The first-order valence-electron chi connectivity index (χ1n) is 10.2. The lowest BCUT2D eigenvalue weighted by Gasteiger charge is -2.11. The Bertz CT molecular complexity index is 1510. The van der Waals surface area contributed by atoms with Crippen LogP contribution in [0.5, 0.6) is 0 Å². The lowest BCUT2D eigenvalue weighted by atomic mass is 10.1. The summed E-state index contributed by atoms with van der Waals surface area (Å²) in [7, 11) is 0. The van der Waals surface area contributed by atoms with Crippen LogP contribution in [0, 0.1) is 0 Å². The van der Waals surface area contributed by atoms with Crippen molar-refractivity contribution in [2.75, 3.05) is 10.6 Å². The normalized spacial score (nSPS) is 10.8. The molecule has 0 bridgehead atoms. The van der Waals surface area contributed by atoms with Gasteiger partial charge in [-0.05, 0) is 48.5 Å². The third-order valence-corrected chi connectivity index (χ3v) is 5.06. The van der Waals surface area contributed by atoms with Crippen molar-refractivity contribution in [3.05, 3.63) is 105 Å². The van der Waals surface area contributed by atoms with Crippen LogP contribution in [0.1, 0.15) is 15.9 Å². The Morgan fingerprint density at radius 1 is 0.857 bits per heavy atom. The average Bonchev–Trinajstić information content (AvgIpc) is 2.87. The van der Waals surface area contributed by atoms with Crippen LogP contribution in [-0.2, 0) is 9.59 Å². The molecule has 0 saturated heterocycles. The lowest BCUT2D eigenvalue weighted by molar-refractivity contribution is -0.136. The SMILES string of the molecule is O=C(NN=Cc1coc2ccccc2c1=O)C(=O)Nc1ccccc1C(=O)Nc1ccc(Cl)cc1. The summed E-state index contributed by atoms with van der Waals surface area (Å²) >= 11 is 5.85. The molecule has 0 fully saturated rings. The van der Waals surface area contributed by atoms with Gasteiger partial charge in [-0.1, -0.05) is 35.9 Å². The molecule has 0 spiro atoms. The molecule has 1 aromatic heterocycles. The summed E-state index contributed by atoms with van der Waals surface area (Å²) in [6, 6.07) is 19.4. The molecule has 0 radical (unpaired) electrons. The first kappa shape index (κ1) is 23.4. The predicted octanol–water partition coefficient (Wildman–Crippen LogP) is 3.79. The van der Waals surface area contributed by atoms with Gasteiger partial charge in [-0.15, -0.1) is 0 Å². The molecule has 3 N–H and O–H groups in total. The summed E-state index contributed by atoms with van der Waals surface area (Å²) in [5, 5.41) is 9.60. The van der Waals surface area contributed by atoms with Gasteiger partial charge in [0.15, 0.2) is 0 Å². The molecule has 4 rings (SSSR count). The van der Waals surface area contributed by atoms with E-state index in [0.717, 1.165) is 6.21 Å². The number of hydrogen-bond donors (Lipinski definition) is 3. The Morgan fingerprint density at radius 3 is 2.37 bits per heavy atom. The highest BCUT2D eigenvalue weighted by atomic mass is 35.5. The summed E-state index contributed by atoms with van der Waals surface area (Å²) in [5.41, 5.74) is 2.98. The quantitative estimate of drug-likeness (QED) is 0.223. The zero-order valence-electron chi connectivity index (χ0n) is 17.9. The fourth-order valence-electron chi connectivity index (χ4n) is 3.09. The number of amides is 3. The van der Waals surface area contributed by atoms with Crippen molar-refractivity contribution < 1.29 is 18.8 Å². The topological polar surface area (TPSA) is 130 Å². The van der Waals surface area contributed by atoms with Crippen LogP contribution in [0.3, 0.4) is 0 Å². The molecule has 1 heterocycles. The smallest absolute Gasteiger partial charge is 0.329 e. The van der Waals surface area contributed by atoms with Crippen LogP contribution in [-0.4, -0.2) is 23.9 Å². The van der Waals surface area contributed by atoms with Gasteiger partial charge in [0.2, 0.25) is 5.43 Å². The number of nitrogens with zero attached hydrogens (tertiary/aromatic N) is 1. The Balaban J connectivity index is 1.41. The summed E-state index contributed by atoms with van der Waals surface area (Å²) in [5.74, 6) is -2.65. The van der Waals surface area contributed by atoms with Gasteiger partial charge in [0.05, 0.1) is 28.4 Å². The molecular weight excluding hydrogens is 472 g/mol. The molecule has 0 unspecified atom stereocenters. The number of benzene rings is 3. The minimum atomic E-state index is -1.10. The Morgan fingerprint density at radius 2 is 1.57 bits per heavy atom. The summed E-state index contributed by atoms with van der Waals surface area (Å²) in [6.07, 6.45) is 2.28. The number of rotatable bonds is 5. The van der Waals surface area contributed by atoms with Crippen molar-refractivity contribution >= 4 is 57.9 Å². The molecule has 0 aliphatic carbocycles. The molecule has 0 saturated carbocycles. The predicted molar refractivity (Wildman–Crippen MR) is 133 cm³/mol. The second kappa shape index (κ2) is 10.4. The minimum Gasteiger partial charge on any atom is -0.463 e. The highest BCUT2D eigenvalue weighted by molar-refractivity contribution is 6.40. The zero-order chi connectivity index (χ0) is 24.8. The third kappa shape index (κ3) is 5.60. The van der Waals surface area contributed by atoms with E-state index in [9.17, 15) is 19.2 Å². The second-order valence-corrected chi connectivity index (χ2v) is 7.61. The maximum absolute atomic E-state index is 12.7. The van der Waals surface area contributed by atoms with Gasteiger partial charge in [0.25, 0.3) is 5.91 Å². The van der Waals surface area contributed by atoms with Crippen molar-refractivity contribution in [2.45, 2.75) is 0 Å². The molecule has 0 aliphatic heterocycles. The first-order valence-corrected chi connectivity index (χ1v) is 10.6. The molecule has 35 heavy (non-hydrogen) atoms. The fraction of sp³-hybridized carbons (Fsp3) is 0. The molecular formula is C25H17ClN4O5. The Kier molecular flexibility index (Phi) is 6.99. The molecule has 3 amide bonds. The van der Waals surface area contributed by atoms with E-state index in [4.69, 9.17) is 16.0 Å². The van der Waals surface area contributed by atoms with Gasteiger partial charge in [0.1, 0.15) is 11.8 Å². The van der Waals surface area contributed by atoms with E-state index in [-0.39, 0.29) is 22.2 Å². The Hall–Kier alpha value is -4.76. The number of halogens is 1. The van der Waals surface area contributed by atoms with Crippen LogP contribution in [0.2, 0.25) is 5.02 Å². The molecule has 10 heteroatoms. The van der Waals surface area contributed by atoms with Gasteiger partial charge in [-0.2, -0.15) is 5.10 Å². The van der Waals surface area contributed by atoms with E-state index < -0.39 is 17.7 Å². The summed E-state index contributed by atoms with van der Waals surface area (Å²) in [4.78, 5) is 49.6. The van der Waals surface area contributed by atoms with Crippen LogP contribution in [0.4, 0.5) is 11.4 Å². The van der Waals surface area contributed by atoms with E-state index in [1.807, 2.05) is 5.43 Å². The van der Waals surface area contributed by atoms with Crippen LogP contribution < -0.4 is 21.5 Å². The van der Waals surface area contributed by atoms with Crippen molar-refractivity contribution in [3.8, 4) is 0 Å². The van der Waals surface area contributed by atoms with Crippen molar-refractivity contribution in [1.82, 2.24) is 5.43 Å². The number of hydrazone groups is 1. The minimum absolute atomic E-state index is 0.0913. The van der Waals surface area contributed by atoms with Gasteiger partial charge in [-0.25, -0.2) is 5.43 Å². The molecule has 4 aromatic rings. The van der Waals surface area contributed by atoms with Gasteiger partial charge >= 0.3 is 11.8 Å². The number of carbonyl (C=O) groups excluding carboxylic acids is 3. The lowest BCUT2D eigenvalue weighted by Crippen LogP contribution is -2.33. The fourth-order valence-corrected chi connectivity index (χ4v) is 3.22. The third-order valence-electron chi connectivity index (χ3n) is 4.80. The van der Waals surface area contributed by atoms with Crippen LogP contribution in [0.25, 0.3) is 11.0 Å². The summed E-state index contributed by atoms with van der Waals surface area (Å²) in [6.45, 7) is 0. The van der Waals surface area contributed by atoms with E-state index in [2.05, 4.69) is 15.7 Å². The number of hydrogen-bond acceptors (Lipinski definition) is 6. The number of nitrogens with one attached hydrogen (secondary N) is 3. The molecule has 0 aliphatic rings. The number of anilines is 2. The number of carbonyl (C=O) groups is 3. The van der Waals surface area contributed by atoms with Crippen LogP contribution in [0.15, 0.2) is 93.4 Å². The van der Waals surface area contributed by atoms with Gasteiger partial charge < -0.3 is 15.1 Å². The van der Waals surface area contributed by atoms with E-state index in [1.165, 1.54) is 18.4 Å². The van der Waals surface area contributed by atoms with E-state index in [1.54, 1.807) is 60.7 Å². The van der Waals surface area contributed by atoms with Gasteiger partial charge in [0, 0.05) is 10.7 Å². The number of para-hydroxylation sites is 2. The summed E-state index contributed by atoms with van der Waals surface area (Å²) < 4.78 is 5.36. The van der Waals surface area contributed by atoms with Crippen LogP contribution >= 0.6 is 11.6 Å². The van der Waals surface area contributed by atoms with Crippen molar-refractivity contribution in [3.63, 3.8) is 0 Å². The molecule has 174 valence electrons. The largest absolute Gasteiger partial charge is 0.463 e. The van der Waals surface area contributed by atoms with E-state index >= 15 is 0 Å². The van der Waals surface area contributed by atoms with E-state index in [0.29, 0.717) is 21.7 Å². The van der Waals surface area contributed by atoms with Gasteiger partial charge in [-0.3, -0.25) is 19.2 Å². The molecule has 3 aromatic carbocycles. The first-order chi connectivity index (χ1) is 16.9. The highest BCUT2D eigenvalue weighted by Gasteiger charge is 2.18. The standard InChI is InChI=1S/C25H17ClN4O5/c26-16-9-11-17(12-10-16)28-23(32)18-5-1-3-7-20(18)29-24(33)25(34)30-27-13-15-14-35-21-8-4-2-6-19(21)22(15)31/h1-14H,(H,28,32)(H,29,33)(H,30,34). The Labute approximate surface area is 203 Å². The number of fused-ring (bicyclic) bond motifs is 1. The second-order valence-electron chi connectivity index (χ2n) is 7.18. The average molecular weight is 489 g/mol. The molecule has 0 atom stereocenters. The maximum atomic E-state index is 12.7. The zero-order valence-corrected chi connectivity index (χ0v) is 18.7. The van der Waals surface area contributed by atoms with Crippen molar-refractivity contribution in [2.24, 2.45) is 5.10 Å².